The van der Waals surface area contributed by atoms with Crippen LogP contribution in [0.4, 0.5) is 8.78 Å². The van der Waals surface area contributed by atoms with Crippen molar-refractivity contribution in [1.82, 2.24) is 0 Å². The van der Waals surface area contributed by atoms with Crippen molar-refractivity contribution in [1.29, 1.82) is 0 Å². The molecule has 0 fully saturated rings. The predicted octanol–water partition coefficient (Wildman–Crippen LogP) is 4.53. The molecule has 0 amide bonds. The Balaban J connectivity index is 1.90. The van der Waals surface area contributed by atoms with Crippen LogP contribution >= 0.6 is 0 Å². The zero-order valence-electron chi connectivity index (χ0n) is 14.3. The molecule has 0 saturated heterocycles. The van der Waals surface area contributed by atoms with Crippen LogP contribution in [0.3, 0.4) is 0 Å². The summed E-state index contributed by atoms with van der Waals surface area (Å²) in [7, 11) is -4.65. The summed E-state index contributed by atoms with van der Waals surface area (Å²) in [6.45, 7) is 2.01. The molecule has 142 valence electrons. The lowest BCUT2D eigenvalue weighted by Gasteiger charge is -2.09. The van der Waals surface area contributed by atoms with Crippen molar-refractivity contribution in [3.8, 4) is 11.5 Å². The molecule has 0 aliphatic carbocycles. The maximum absolute atomic E-state index is 12.6. The molecule has 0 atom stereocenters. The number of alkyl halides is 2. The minimum absolute atomic E-state index is 0.259. The van der Waals surface area contributed by atoms with Crippen LogP contribution in [0, 0.1) is 0 Å². The average molecular weight is 394 g/mol. The maximum atomic E-state index is 12.6. The molecule has 0 bridgehead atoms. The van der Waals surface area contributed by atoms with Gasteiger partial charge in [0.25, 0.3) is 0 Å². The van der Waals surface area contributed by atoms with Crippen LogP contribution < -0.4 is 10.4 Å². The molecular formula is C19H16F2O5S. The lowest BCUT2D eigenvalue weighted by Crippen LogP contribution is -2.11. The Bertz CT molecular complexity index is 1120. The van der Waals surface area contributed by atoms with Crippen molar-refractivity contribution >= 4 is 20.8 Å². The van der Waals surface area contributed by atoms with E-state index in [1.165, 1.54) is 18.2 Å². The molecule has 5 nitrogen and oxygen atoms in total. The fraction of sp³-hybridized carbons (Fsp3) is 0.211. The minimum Gasteiger partial charge on any atom is -0.457 e. The second kappa shape index (κ2) is 7.48. The van der Waals surface area contributed by atoms with E-state index in [9.17, 15) is 22.0 Å². The van der Waals surface area contributed by atoms with Gasteiger partial charge in [-0.3, -0.25) is 0 Å². The molecule has 3 aromatic rings. The van der Waals surface area contributed by atoms with Crippen LogP contribution in [-0.2, 0) is 16.3 Å². The highest BCUT2D eigenvalue weighted by molar-refractivity contribution is 7.91. The number of benzene rings is 2. The third-order valence-electron chi connectivity index (χ3n) is 3.94. The molecule has 1 aromatic heterocycles. The summed E-state index contributed by atoms with van der Waals surface area (Å²) in [5.41, 5.74) is 0.807. The first-order valence-corrected chi connectivity index (χ1v) is 9.72. The molecule has 27 heavy (non-hydrogen) atoms. The van der Waals surface area contributed by atoms with E-state index in [1.54, 1.807) is 18.2 Å². The van der Waals surface area contributed by atoms with E-state index in [0.717, 1.165) is 35.9 Å². The fourth-order valence-electron chi connectivity index (χ4n) is 2.69. The Morgan fingerprint density at radius 2 is 1.70 bits per heavy atom. The molecule has 8 heteroatoms. The number of aryl methyl sites for hydroxylation is 1. The quantitative estimate of drug-likeness (QED) is 0.574. The third kappa shape index (κ3) is 4.00. The van der Waals surface area contributed by atoms with Crippen LogP contribution in [-0.4, -0.2) is 14.2 Å². The van der Waals surface area contributed by atoms with Gasteiger partial charge in [-0.25, -0.2) is 13.2 Å². The monoisotopic (exact) mass is 394 g/mol. The molecule has 0 aliphatic rings. The summed E-state index contributed by atoms with van der Waals surface area (Å²) in [4.78, 5) is 11.2. The number of hydrogen-bond donors (Lipinski definition) is 0. The molecule has 0 saturated carbocycles. The van der Waals surface area contributed by atoms with E-state index in [1.807, 2.05) is 6.92 Å². The number of ether oxygens (including phenoxy) is 1. The van der Waals surface area contributed by atoms with Gasteiger partial charge in [0.2, 0.25) is 9.84 Å². The normalized spacial score (nSPS) is 11.9. The second-order valence-corrected chi connectivity index (χ2v) is 7.80. The SMILES string of the molecule is CCCc1cc(=O)oc2cc(Oc3ccc(S(=O)(=O)C(F)F)cc3)ccc12. The highest BCUT2D eigenvalue weighted by Crippen LogP contribution is 2.28. The van der Waals surface area contributed by atoms with Crippen molar-refractivity contribution < 1.29 is 26.4 Å². The van der Waals surface area contributed by atoms with E-state index in [-0.39, 0.29) is 5.75 Å². The first kappa shape index (κ1) is 19.0. The fourth-order valence-corrected chi connectivity index (χ4v) is 3.41. The zero-order chi connectivity index (χ0) is 19.6. The van der Waals surface area contributed by atoms with E-state index < -0.39 is 26.1 Å². The van der Waals surface area contributed by atoms with Crippen LogP contribution in [0.1, 0.15) is 18.9 Å². The van der Waals surface area contributed by atoms with Crippen molar-refractivity contribution in [2.45, 2.75) is 30.4 Å². The smallest absolute Gasteiger partial charge is 0.341 e. The van der Waals surface area contributed by atoms with Crippen molar-refractivity contribution in [3.63, 3.8) is 0 Å². The summed E-state index contributed by atoms with van der Waals surface area (Å²) in [6.07, 6.45) is 1.62. The molecular weight excluding hydrogens is 378 g/mol. The van der Waals surface area contributed by atoms with Crippen molar-refractivity contribution in [3.05, 3.63) is 64.5 Å². The van der Waals surface area contributed by atoms with Gasteiger partial charge in [0.05, 0.1) is 4.90 Å². The van der Waals surface area contributed by atoms with Crippen LogP contribution in [0.25, 0.3) is 11.0 Å². The molecule has 0 radical (unpaired) electrons. The summed E-state index contributed by atoms with van der Waals surface area (Å²) in [5.74, 6) is -2.86. The Labute approximate surface area is 154 Å². The van der Waals surface area contributed by atoms with Gasteiger partial charge >= 0.3 is 11.4 Å². The first-order valence-electron chi connectivity index (χ1n) is 8.18. The summed E-state index contributed by atoms with van der Waals surface area (Å²) in [6, 6.07) is 11.1. The third-order valence-corrected chi connectivity index (χ3v) is 5.34. The van der Waals surface area contributed by atoms with Gasteiger partial charge in [0.15, 0.2) is 0 Å². The first-order chi connectivity index (χ1) is 12.8. The summed E-state index contributed by atoms with van der Waals surface area (Å²) >= 11 is 0. The zero-order valence-corrected chi connectivity index (χ0v) is 15.1. The Morgan fingerprint density at radius 3 is 2.33 bits per heavy atom. The number of fused-ring (bicyclic) bond motifs is 1. The van der Waals surface area contributed by atoms with Gasteiger partial charge in [0, 0.05) is 17.5 Å². The second-order valence-electron chi connectivity index (χ2n) is 5.88. The highest BCUT2D eigenvalue weighted by Gasteiger charge is 2.26. The highest BCUT2D eigenvalue weighted by atomic mass is 32.2. The Hall–Kier alpha value is -2.74. The Morgan fingerprint density at radius 1 is 1.04 bits per heavy atom. The molecule has 0 unspecified atom stereocenters. The van der Waals surface area contributed by atoms with Gasteiger partial charge < -0.3 is 9.15 Å². The van der Waals surface area contributed by atoms with Crippen LogP contribution in [0.5, 0.6) is 11.5 Å². The van der Waals surface area contributed by atoms with Gasteiger partial charge in [0.1, 0.15) is 17.1 Å². The number of halogens is 2. The van der Waals surface area contributed by atoms with Gasteiger partial charge in [-0.15, -0.1) is 0 Å². The van der Waals surface area contributed by atoms with Crippen LogP contribution in [0.2, 0.25) is 0 Å². The Kier molecular flexibility index (Phi) is 5.27. The number of rotatable bonds is 6. The number of sulfone groups is 1. The summed E-state index contributed by atoms with van der Waals surface area (Å²) in [5, 5.41) is 0.808. The number of hydrogen-bond acceptors (Lipinski definition) is 5. The van der Waals surface area contributed by atoms with E-state index in [4.69, 9.17) is 9.15 Å². The topological polar surface area (TPSA) is 73.6 Å². The lowest BCUT2D eigenvalue weighted by molar-refractivity contribution is 0.234. The molecule has 0 spiro atoms. The molecule has 2 aromatic carbocycles. The van der Waals surface area contributed by atoms with Gasteiger partial charge in [-0.2, -0.15) is 8.78 Å². The lowest BCUT2D eigenvalue weighted by atomic mass is 10.1. The maximum Gasteiger partial charge on any atom is 0.341 e. The minimum atomic E-state index is -4.65. The average Bonchev–Trinajstić information content (AvgIpc) is 2.62. The molecule has 0 aliphatic heterocycles. The van der Waals surface area contributed by atoms with Crippen LogP contribution in [0.15, 0.2) is 62.6 Å². The molecule has 1 heterocycles. The molecule has 0 N–H and O–H groups in total. The molecule has 3 rings (SSSR count). The van der Waals surface area contributed by atoms with Gasteiger partial charge in [-0.05, 0) is 48.4 Å². The largest absolute Gasteiger partial charge is 0.457 e. The van der Waals surface area contributed by atoms with E-state index in [0.29, 0.717) is 11.3 Å². The van der Waals surface area contributed by atoms with Crippen molar-refractivity contribution in [2.24, 2.45) is 0 Å². The van der Waals surface area contributed by atoms with E-state index >= 15 is 0 Å². The standard InChI is InChI=1S/C19H16F2O5S/c1-2-3-12-10-18(22)26-17-11-14(6-9-16(12)17)25-13-4-7-15(8-5-13)27(23,24)19(20)21/h4-11,19H,2-3H2,1H3. The van der Waals surface area contributed by atoms with E-state index in [2.05, 4.69) is 0 Å². The predicted molar refractivity (Wildman–Crippen MR) is 96.2 cm³/mol. The van der Waals surface area contributed by atoms with Gasteiger partial charge in [-0.1, -0.05) is 13.3 Å². The van der Waals surface area contributed by atoms with Crippen molar-refractivity contribution in [2.75, 3.05) is 0 Å². The summed E-state index contributed by atoms with van der Waals surface area (Å²) < 4.78 is 58.8.